The van der Waals surface area contributed by atoms with Gasteiger partial charge in [-0.2, -0.15) is 12.6 Å². The van der Waals surface area contributed by atoms with E-state index in [4.69, 9.17) is 0 Å². The summed E-state index contributed by atoms with van der Waals surface area (Å²) in [7, 11) is 0. The number of halogens is 2. The molecule has 1 aliphatic rings. The van der Waals surface area contributed by atoms with Crippen LogP contribution in [0.4, 0.5) is 8.78 Å². The molecule has 0 heterocycles. The Balaban J connectivity index is 2.15. The predicted octanol–water partition coefficient (Wildman–Crippen LogP) is 2.74. The fourth-order valence-electron chi connectivity index (χ4n) is 1.43. The lowest BCUT2D eigenvalue weighted by Gasteiger charge is -2.35. The minimum absolute atomic E-state index is 0.0813. The lowest BCUT2D eigenvalue weighted by Crippen LogP contribution is -2.36. The van der Waals surface area contributed by atoms with Gasteiger partial charge < -0.3 is 0 Å². The van der Waals surface area contributed by atoms with Gasteiger partial charge in [0, 0.05) is 12.8 Å². The fourth-order valence-corrected chi connectivity index (χ4v) is 1.73. The zero-order valence-electron chi connectivity index (χ0n) is 5.98. The summed E-state index contributed by atoms with van der Waals surface area (Å²) in [6, 6.07) is 0. The SMILES string of the molecule is CC(S)CC1CC(F)(F)C1. The van der Waals surface area contributed by atoms with E-state index in [0.717, 1.165) is 6.42 Å². The van der Waals surface area contributed by atoms with Crippen LogP contribution in [-0.2, 0) is 0 Å². The van der Waals surface area contributed by atoms with E-state index in [1.165, 1.54) is 0 Å². The molecule has 1 fully saturated rings. The molecular weight excluding hydrogens is 154 g/mol. The Labute approximate surface area is 65.4 Å². The smallest absolute Gasteiger partial charge is 0.207 e. The Morgan fingerprint density at radius 2 is 2.10 bits per heavy atom. The lowest BCUT2D eigenvalue weighted by atomic mass is 9.78. The molecule has 3 heteroatoms. The molecule has 0 nitrogen and oxygen atoms in total. The van der Waals surface area contributed by atoms with Crippen LogP contribution in [0.15, 0.2) is 0 Å². The van der Waals surface area contributed by atoms with Crippen molar-refractivity contribution in [3.63, 3.8) is 0 Å². The summed E-state index contributed by atoms with van der Waals surface area (Å²) >= 11 is 4.14. The van der Waals surface area contributed by atoms with Crippen molar-refractivity contribution in [2.75, 3.05) is 0 Å². The summed E-state index contributed by atoms with van der Waals surface area (Å²) < 4.78 is 24.4. The third-order valence-corrected chi connectivity index (χ3v) is 2.06. The second-order valence-electron chi connectivity index (χ2n) is 3.21. The molecule has 0 saturated heterocycles. The summed E-state index contributed by atoms with van der Waals surface area (Å²) in [4.78, 5) is 0. The number of alkyl halides is 2. The van der Waals surface area contributed by atoms with Gasteiger partial charge in [-0.05, 0) is 17.6 Å². The molecule has 0 radical (unpaired) electrons. The maximum Gasteiger partial charge on any atom is 0.248 e. The van der Waals surface area contributed by atoms with Gasteiger partial charge in [-0.3, -0.25) is 0 Å². The van der Waals surface area contributed by atoms with Crippen LogP contribution in [0.3, 0.4) is 0 Å². The quantitative estimate of drug-likeness (QED) is 0.599. The summed E-state index contributed by atoms with van der Waals surface area (Å²) in [6.07, 6.45) is 0.995. The maximum atomic E-state index is 12.2. The van der Waals surface area contributed by atoms with Crippen LogP contribution in [0.1, 0.15) is 26.2 Å². The van der Waals surface area contributed by atoms with Crippen molar-refractivity contribution in [3.8, 4) is 0 Å². The molecule has 10 heavy (non-hydrogen) atoms. The molecule has 0 aromatic carbocycles. The van der Waals surface area contributed by atoms with Gasteiger partial charge in [-0.1, -0.05) is 6.92 Å². The van der Waals surface area contributed by atoms with Crippen LogP contribution in [-0.4, -0.2) is 11.2 Å². The molecule has 0 N–H and O–H groups in total. The van der Waals surface area contributed by atoms with E-state index in [1.54, 1.807) is 0 Å². The summed E-state index contributed by atoms with van der Waals surface area (Å²) in [5, 5.41) is 0.265. The van der Waals surface area contributed by atoms with Gasteiger partial charge in [0.25, 0.3) is 0 Å². The maximum absolute atomic E-state index is 12.2. The first-order valence-electron chi connectivity index (χ1n) is 3.55. The molecule has 0 spiro atoms. The highest BCUT2D eigenvalue weighted by atomic mass is 32.1. The first kappa shape index (κ1) is 8.31. The van der Waals surface area contributed by atoms with Gasteiger partial charge in [0.15, 0.2) is 0 Å². The lowest BCUT2D eigenvalue weighted by molar-refractivity contribution is -0.111. The third kappa shape index (κ3) is 2.11. The fraction of sp³-hybridized carbons (Fsp3) is 1.00. The molecule has 0 aliphatic heterocycles. The predicted molar refractivity (Wildman–Crippen MR) is 40.7 cm³/mol. The van der Waals surface area contributed by atoms with Crippen molar-refractivity contribution in [3.05, 3.63) is 0 Å². The highest BCUT2D eigenvalue weighted by Gasteiger charge is 2.44. The molecule has 0 aromatic rings. The topological polar surface area (TPSA) is 0 Å². The molecule has 1 saturated carbocycles. The molecule has 1 atom stereocenters. The first-order valence-corrected chi connectivity index (χ1v) is 4.07. The molecule has 1 aliphatic carbocycles. The van der Waals surface area contributed by atoms with E-state index in [1.807, 2.05) is 6.92 Å². The average molecular weight is 166 g/mol. The monoisotopic (exact) mass is 166 g/mol. The Bertz CT molecular complexity index is 112. The second kappa shape index (κ2) is 2.68. The number of thiol groups is 1. The average Bonchev–Trinajstić information content (AvgIpc) is 1.57. The van der Waals surface area contributed by atoms with E-state index >= 15 is 0 Å². The van der Waals surface area contributed by atoms with Crippen molar-refractivity contribution in [1.82, 2.24) is 0 Å². The van der Waals surface area contributed by atoms with Gasteiger partial charge in [-0.15, -0.1) is 0 Å². The summed E-state index contributed by atoms with van der Waals surface area (Å²) in [6.45, 7) is 1.94. The van der Waals surface area contributed by atoms with Crippen LogP contribution < -0.4 is 0 Å². The Hall–Kier alpha value is 0.210. The van der Waals surface area contributed by atoms with Crippen molar-refractivity contribution >= 4 is 12.6 Å². The normalized spacial score (nSPS) is 27.6. The highest BCUT2D eigenvalue weighted by Crippen LogP contribution is 2.44. The van der Waals surface area contributed by atoms with Crippen molar-refractivity contribution < 1.29 is 8.78 Å². The van der Waals surface area contributed by atoms with Gasteiger partial charge in [0.2, 0.25) is 5.92 Å². The van der Waals surface area contributed by atoms with Crippen LogP contribution in [0.5, 0.6) is 0 Å². The molecule has 1 unspecified atom stereocenters. The van der Waals surface area contributed by atoms with E-state index < -0.39 is 5.92 Å². The van der Waals surface area contributed by atoms with E-state index in [-0.39, 0.29) is 24.0 Å². The van der Waals surface area contributed by atoms with Gasteiger partial charge in [-0.25, -0.2) is 8.78 Å². The number of rotatable bonds is 2. The summed E-state index contributed by atoms with van der Waals surface area (Å²) in [5.41, 5.74) is 0. The zero-order chi connectivity index (χ0) is 7.78. The number of hydrogen-bond donors (Lipinski definition) is 1. The van der Waals surface area contributed by atoms with Crippen molar-refractivity contribution in [2.24, 2.45) is 5.92 Å². The number of hydrogen-bond acceptors (Lipinski definition) is 1. The largest absolute Gasteiger partial charge is 0.248 e. The molecular formula is C7H12F2S. The minimum atomic E-state index is -2.35. The van der Waals surface area contributed by atoms with Gasteiger partial charge >= 0.3 is 0 Å². The first-order chi connectivity index (χ1) is 4.49. The Morgan fingerprint density at radius 3 is 2.40 bits per heavy atom. The van der Waals surface area contributed by atoms with Crippen LogP contribution >= 0.6 is 12.6 Å². The molecule has 1 rings (SSSR count). The summed E-state index contributed by atoms with van der Waals surface area (Å²) in [5.74, 6) is -2.13. The standard InChI is InChI=1S/C7H12F2S/c1-5(10)2-6-3-7(8,9)4-6/h5-6,10H,2-4H2,1H3. The molecule has 60 valence electrons. The highest BCUT2D eigenvalue weighted by molar-refractivity contribution is 7.80. The van der Waals surface area contributed by atoms with Crippen LogP contribution in [0.25, 0.3) is 0 Å². The van der Waals surface area contributed by atoms with E-state index in [9.17, 15) is 8.78 Å². The van der Waals surface area contributed by atoms with E-state index in [0.29, 0.717) is 0 Å². The van der Waals surface area contributed by atoms with E-state index in [2.05, 4.69) is 12.6 Å². The molecule has 0 amide bonds. The third-order valence-electron chi connectivity index (χ3n) is 1.85. The Morgan fingerprint density at radius 1 is 1.60 bits per heavy atom. The molecule has 0 aromatic heterocycles. The minimum Gasteiger partial charge on any atom is -0.207 e. The molecule has 0 bridgehead atoms. The Kier molecular flexibility index (Phi) is 2.23. The zero-order valence-corrected chi connectivity index (χ0v) is 6.87. The van der Waals surface area contributed by atoms with Crippen molar-refractivity contribution in [2.45, 2.75) is 37.4 Å². The van der Waals surface area contributed by atoms with Crippen LogP contribution in [0.2, 0.25) is 0 Å². The van der Waals surface area contributed by atoms with Gasteiger partial charge in [0.05, 0.1) is 0 Å². The second-order valence-corrected chi connectivity index (χ2v) is 4.10. The van der Waals surface area contributed by atoms with Crippen LogP contribution in [0, 0.1) is 5.92 Å². The van der Waals surface area contributed by atoms with Crippen molar-refractivity contribution in [1.29, 1.82) is 0 Å². The van der Waals surface area contributed by atoms with Gasteiger partial charge in [0.1, 0.15) is 0 Å².